The Morgan fingerprint density at radius 3 is 2.63 bits per heavy atom. The molecule has 0 unspecified atom stereocenters. The molecular weight excluding hydrogens is 402 g/mol. The molecule has 2 fully saturated rings. The van der Waals surface area contributed by atoms with Crippen LogP contribution in [0.1, 0.15) is 46.6 Å². The van der Waals surface area contributed by atoms with Crippen molar-refractivity contribution in [3.05, 3.63) is 40.4 Å². The molecule has 160 valence electrons. The lowest BCUT2D eigenvalue weighted by Crippen LogP contribution is -2.46. The highest BCUT2D eigenvalue weighted by Gasteiger charge is 2.22. The molecule has 4 rings (SSSR count). The zero-order valence-electron chi connectivity index (χ0n) is 16.9. The molecule has 0 spiro atoms. The van der Waals surface area contributed by atoms with E-state index in [4.69, 9.17) is 5.11 Å². The lowest BCUT2D eigenvalue weighted by atomic mass is 10.1. The summed E-state index contributed by atoms with van der Waals surface area (Å²) in [6, 6.07) is 7.44. The molecular formula is C21H27N5O3S. The highest BCUT2D eigenvalue weighted by atomic mass is 32.1. The molecule has 0 radical (unpaired) electrons. The fourth-order valence-electron chi connectivity index (χ4n) is 4.09. The van der Waals surface area contributed by atoms with Crippen LogP contribution in [-0.4, -0.2) is 64.3 Å². The van der Waals surface area contributed by atoms with Crippen molar-refractivity contribution in [3.63, 3.8) is 0 Å². The first-order valence-corrected chi connectivity index (χ1v) is 11.3. The van der Waals surface area contributed by atoms with Crippen LogP contribution in [0.4, 0.5) is 5.13 Å². The minimum absolute atomic E-state index is 0.0398. The number of piperazine rings is 1. The zero-order chi connectivity index (χ0) is 20.9. The molecule has 30 heavy (non-hydrogen) atoms. The Morgan fingerprint density at radius 2 is 1.90 bits per heavy atom. The average Bonchev–Trinajstić information content (AvgIpc) is 3.41. The standard InChI is InChI=1S/C21H27N5O3S/c27-18(22-17-6-1-2-7-17)13-19-23-24-21(30-19)26-10-8-25(9-11-26)14-15-4-3-5-16(12-15)20(28)29/h3-5,12,17H,1-2,6-11,13-14H2,(H,22,27)(H,28,29). The summed E-state index contributed by atoms with van der Waals surface area (Å²) in [4.78, 5) is 27.9. The number of carboxylic acid groups (broad SMARTS) is 1. The van der Waals surface area contributed by atoms with E-state index in [9.17, 15) is 9.59 Å². The van der Waals surface area contributed by atoms with Gasteiger partial charge in [0.1, 0.15) is 5.01 Å². The molecule has 2 N–H and O–H groups in total. The lowest BCUT2D eigenvalue weighted by molar-refractivity contribution is -0.121. The van der Waals surface area contributed by atoms with Gasteiger partial charge in [-0.1, -0.05) is 36.3 Å². The number of nitrogens with zero attached hydrogens (tertiary/aromatic N) is 4. The summed E-state index contributed by atoms with van der Waals surface area (Å²) in [6.07, 6.45) is 4.86. The number of nitrogens with one attached hydrogen (secondary N) is 1. The van der Waals surface area contributed by atoms with Crippen molar-refractivity contribution in [2.24, 2.45) is 0 Å². The third-order valence-electron chi connectivity index (χ3n) is 5.71. The van der Waals surface area contributed by atoms with Crippen LogP contribution in [0.2, 0.25) is 0 Å². The molecule has 2 aromatic rings. The molecule has 1 saturated carbocycles. The maximum Gasteiger partial charge on any atom is 0.335 e. The Hall–Kier alpha value is -2.52. The van der Waals surface area contributed by atoms with Crippen LogP contribution in [0, 0.1) is 0 Å². The predicted octanol–water partition coefficient (Wildman–Crippen LogP) is 2.16. The van der Waals surface area contributed by atoms with E-state index in [1.165, 1.54) is 24.2 Å². The second kappa shape index (κ2) is 9.53. The maximum atomic E-state index is 12.2. The number of benzene rings is 1. The van der Waals surface area contributed by atoms with Crippen molar-refractivity contribution in [1.82, 2.24) is 20.4 Å². The fourth-order valence-corrected chi connectivity index (χ4v) is 4.98. The van der Waals surface area contributed by atoms with Crippen molar-refractivity contribution in [3.8, 4) is 0 Å². The van der Waals surface area contributed by atoms with Crippen molar-refractivity contribution in [2.45, 2.75) is 44.7 Å². The van der Waals surface area contributed by atoms with E-state index in [0.29, 0.717) is 18.0 Å². The first-order chi connectivity index (χ1) is 14.6. The molecule has 1 saturated heterocycles. The van der Waals surface area contributed by atoms with Crippen LogP contribution in [0.5, 0.6) is 0 Å². The van der Waals surface area contributed by atoms with Crippen LogP contribution in [0.25, 0.3) is 0 Å². The second-order valence-corrected chi connectivity index (χ2v) is 9.01. The monoisotopic (exact) mass is 429 g/mol. The van der Waals surface area contributed by atoms with Crippen LogP contribution >= 0.6 is 11.3 Å². The predicted molar refractivity (Wildman–Crippen MR) is 115 cm³/mol. The molecule has 1 aliphatic heterocycles. The highest BCUT2D eigenvalue weighted by Crippen LogP contribution is 2.23. The Kier molecular flexibility index (Phi) is 6.59. The van der Waals surface area contributed by atoms with Gasteiger partial charge in [0.2, 0.25) is 11.0 Å². The zero-order valence-corrected chi connectivity index (χ0v) is 17.7. The number of aromatic nitrogens is 2. The minimum atomic E-state index is -0.898. The molecule has 2 aliphatic rings. The van der Waals surface area contributed by atoms with Crippen LogP contribution in [0.3, 0.4) is 0 Å². The number of hydrogen-bond donors (Lipinski definition) is 2. The Bertz CT molecular complexity index is 888. The molecule has 0 bridgehead atoms. The van der Waals surface area contributed by atoms with Gasteiger partial charge in [0.15, 0.2) is 0 Å². The maximum absolute atomic E-state index is 12.2. The van der Waals surface area contributed by atoms with E-state index in [1.54, 1.807) is 18.2 Å². The number of anilines is 1. The van der Waals surface area contributed by atoms with E-state index in [0.717, 1.165) is 61.3 Å². The summed E-state index contributed by atoms with van der Waals surface area (Å²) >= 11 is 1.50. The van der Waals surface area contributed by atoms with Crippen molar-refractivity contribution >= 4 is 28.3 Å². The summed E-state index contributed by atoms with van der Waals surface area (Å²) in [7, 11) is 0. The number of carbonyl (C=O) groups is 2. The van der Waals surface area contributed by atoms with Gasteiger partial charge in [-0.15, -0.1) is 10.2 Å². The van der Waals surface area contributed by atoms with E-state index >= 15 is 0 Å². The third kappa shape index (κ3) is 5.34. The molecule has 0 atom stereocenters. The number of hydrogen-bond acceptors (Lipinski definition) is 7. The van der Waals surface area contributed by atoms with Gasteiger partial charge in [-0.25, -0.2) is 4.79 Å². The first-order valence-electron chi connectivity index (χ1n) is 10.5. The van der Waals surface area contributed by atoms with Crippen LogP contribution < -0.4 is 10.2 Å². The number of carbonyl (C=O) groups excluding carboxylic acids is 1. The number of carboxylic acids is 1. The van der Waals surface area contributed by atoms with Crippen LogP contribution in [0.15, 0.2) is 24.3 Å². The van der Waals surface area contributed by atoms with E-state index in [-0.39, 0.29) is 5.91 Å². The summed E-state index contributed by atoms with van der Waals surface area (Å²) in [6.45, 7) is 4.14. The Morgan fingerprint density at radius 1 is 1.13 bits per heavy atom. The largest absolute Gasteiger partial charge is 0.478 e. The van der Waals surface area contributed by atoms with Gasteiger partial charge in [-0.2, -0.15) is 0 Å². The van der Waals surface area contributed by atoms with Gasteiger partial charge in [0, 0.05) is 38.8 Å². The van der Waals surface area contributed by atoms with Gasteiger partial charge in [-0.3, -0.25) is 9.69 Å². The molecule has 9 heteroatoms. The second-order valence-electron chi connectivity index (χ2n) is 7.97. The Labute approximate surface area is 179 Å². The molecule has 1 aliphatic carbocycles. The van der Waals surface area contributed by atoms with Gasteiger partial charge in [0.05, 0.1) is 12.0 Å². The van der Waals surface area contributed by atoms with E-state index in [2.05, 4.69) is 25.3 Å². The van der Waals surface area contributed by atoms with Gasteiger partial charge in [-0.05, 0) is 30.5 Å². The molecule has 1 aromatic carbocycles. The first kappa shape index (κ1) is 20.7. The molecule has 1 amide bonds. The van der Waals surface area contributed by atoms with Gasteiger partial charge >= 0.3 is 5.97 Å². The highest BCUT2D eigenvalue weighted by molar-refractivity contribution is 7.15. The normalized spacial score (nSPS) is 17.9. The smallest absolute Gasteiger partial charge is 0.335 e. The van der Waals surface area contributed by atoms with E-state index < -0.39 is 5.97 Å². The lowest BCUT2D eigenvalue weighted by Gasteiger charge is -2.34. The quantitative estimate of drug-likeness (QED) is 0.696. The molecule has 1 aromatic heterocycles. The average molecular weight is 430 g/mol. The SMILES string of the molecule is O=C(Cc1nnc(N2CCN(Cc3cccc(C(=O)O)c3)CC2)s1)NC1CCCC1. The van der Waals surface area contributed by atoms with Crippen molar-refractivity contribution in [1.29, 1.82) is 0 Å². The summed E-state index contributed by atoms with van der Waals surface area (Å²) in [5.74, 6) is -0.858. The molecule has 2 heterocycles. The summed E-state index contributed by atoms with van der Waals surface area (Å²) in [5.41, 5.74) is 1.33. The fraction of sp³-hybridized carbons (Fsp3) is 0.524. The topological polar surface area (TPSA) is 98.7 Å². The van der Waals surface area contributed by atoms with E-state index in [1.807, 2.05) is 6.07 Å². The number of aromatic carboxylic acids is 1. The Balaban J connectivity index is 1.25. The van der Waals surface area contributed by atoms with Crippen LogP contribution in [-0.2, 0) is 17.8 Å². The van der Waals surface area contributed by atoms with Gasteiger partial charge < -0.3 is 15.3 Å². The van der Waals surface area contributed by atoms with Crippen molar-refractivity contribution < 1.29 is 14.7 Å². The van der Waals surface area contributed by atoms with Crippen molar-refractivity contribution in [2.75, 3.05) is 31.1 Å². The van der Waals surface area contributed by atoms with Gasteiger partial charge in [0.25, 0.3) is 0 Å². The number of amides is 1. The molecule has 8 nitrogen and oxygen atoms in total. The minimum Gasteiger partial charge on any atom is -0.478 e. The summed E-state index contributed by atoms with van der Waals surface area (Å²) < 4.78 is 0. The number of rotatable bonds is 7. The third-order valence-corrected chi connectivity index (χ3v) is 6.70. The summed E-state index contributed by atoms with van der Waals surface area (Å²) in [5, 5.41) is 22.4.